The highest BCUT2D eigenvalue weighted by molar-refractivity contribution is 9.10. The highest BCUT2D eigenvalue weighted by Gasteiger charge is 2.26. The molecule has 0 aromatic carbocycles. The number of nitrogens with zero attached hydrogens (tertiary/aromatic N) is 3. The first-order valence-electron chi connectivity index (χ1n) is 5.27. The average Bonchev–Trinajstić information content (AvgIpc) is 2.29. The zero-order valence-corrected chi connectivity index (χ0v) is 10.3. The molecule has 1 aromatic rings. The Labute approximate surface area is 102 Å². The molecule has 0 N–H and O–H groups in total. The normalized spacial score (nSPS) is 20.8. The second-order valence-electron chi connectivity index (χ2n) is 4.09. The molecular formula is C11H11BrN3O-. The predicted molar refractivity (Wildman–Crippen MR) is 67.0 cm³/mol. The molecule has 0 spiro atoms. The fraction of sp³-hybridized carbons (Fsp3) is 0.364. The molecule has 4 nitrogen and oxygen atoms in total. The molecule has 2 aliphatic heterocycles. The van der Waals surface area contributed by atoms with Crippen molar-refractivity contribution in [3.63, 3.8) is 0 Å². The lowest BCUT2D eigenvalue weighted by Gasteiger charge is -2.39. The van der Waals surface area contributed by atoms with Crippen LogP contribution < -0.4 is 3.93 Å². The largest absolute Gasteiger partial charge is 0.785 e. The van der Waals surface area contributed by atoms with E-state index in [1.807, 2.05) is 9.99 Å². The van der Waals surface area contributed by atoms with E-state index in [1.54, 1.807) is 6.20 Å². The van der Waals surface area contributed by atoms with Crippen molar-refractivity contribution in [3.8, 4) is 0 Å². The second-order valence-corrected chi connectivity index (χ2v) is 4.95. The van der Waals surface area contributed by atoms with Crippen molar-refractivity contribution in [1.29, 1.82) is 0 Å². The molecule has 1 aromatic heterocycles. The number of aromatic nitrogens is 1. The van der Waals surface area contributed by atoms with Gasteiger partial charge in [-0.3, -0.25) is 3.93 Å². The molecule has 84 valence electrons. The van der Waals surface area contributed by atoms with Crippen molar-refractivity contribution in [1.82, 2.24) is 10.0 Å². The Morgan fingerprint density at radius 2 is 2.25 bits per heavy atom. The van der Waals surface area contributed by atoms with Gasteiger partial charge >= 0.3 is 0 Å². The fourth-order valence-electron chi connectivity index (χ4n) is 2.34. The van der Waals surface area contributed by atoms with Gasteiger partial charge in [0.05, 0.1) is 22.7 Å². The van der Waals surface area contributed by atoms with Crippen molar-refractivity contribution in [2.24, 2.45) is 0 Å². The van der Waals surface area contributed by atoms with Crippen LogP contribution in [0.1, 0.15) is 12.0 Å². The first-order chi connectivity index (χ1) is 7.75. The number of anilines is 1. The third-order valence-electron chi connectivity index (χ3n) is 3.08. The first kappa shape index (κ1) is 10.3. The third kappa shape index (κ3) is 1.55. The molecule has 5 heteroatoms. The van der Waals surface area contributed by atoms with Crippen LogP contribution in [0.5, 0.6) is 0 Å². The Balaban J connectivity index is 2.11. The number of rotatable bonds is 0. The van der Waals surface area contributed by atoms with Crippen LogP contribution in [0, 0.1) is 5.21 Å². The number of hydrogen-bond acceptors (Lipinski definition) is 4. The molecule has 0 aliphatic carbocycles. The van der Waals surface area contributed by atoms with Gasteiger partial charge in [0.2, 0.25) is 0 Å². The predicted octanol–water partition coefficient (Wildman–Crippen LogP) is 2.17. The van der Waals surface area contributed by atoms with E-state index >= 15 is 0 Å². The van der Waals surface area contributed by atoms with Crippen LogP contribution >= 0.6 is 16.1 Å². The SMILES string of the molecule is [O-]N1CCC2=C(C1)CN(Br)c1ncccc12. The Kier molecular flexibility index (Phi) is 2.46. The van der Waals surface area contributed by atoms with Crippen LogP contribution in [0.25, 0.3) is 5.57 Å². The summed E-state index contributed by atoms with van der Waals surface area (Å²) >= 11 is 3.49. The number of pyridine rings is 1. The smallest absolute Gasteiger partial charge is 0.146 e. The zero-order valence-electron chi connectivity index (χ0n) is 8.69. The molecule has 0 atom stereocenters. The summed E-state index contributed by atoms with van der Waals surface area (Å²) in [6.45, 7) is 1.86. The van der Waals surface area contributed by atoms with Gasteiger partial charge < -0.3 is 10.3 Å². The van der Waals surface area contributed by atoms with Gasteiger partial charge in [-0.2, -0.15) is 0 Å². The summed E-state index contributed by atoms with van der Waals surface area (Å²) < 4.78 is 1.93. The minimum atomic E-state index is 0.520. The number of hydrogen-bond donors (Lipinski definition) is 0. The minimum Gasteiger partial charge on any atom is -0.785 e. The second kappa shape index (κ2) is 3.84. The van der Waals surface area contributed by atoms with Gasteiger partial charge in [0.15, 0.2) is 0 Å². The van der Waals surface area contributed by atoms with Gasteiger partial charge in [-0.1, -0.05) is 0 Å². The van der Waals surface area contributed by atoms with E-state index in [1.165, 1.54) is 11.1 Å². The van der Waals surface area contributed by atoms with Crippen LogP contribution in [0.3, 0.4) is 0 Å². The van der Waals surface area contributed by atoms with Gasteiger partial charge in [-0.25, -0.2) is 4.98 Å². The van der Waals surface area contributed by atoms with E-state index in [-0.39, 0.29) is 0 Å². The van der Waals surface area contributed by atoms with Crippen LogP contribution in [0.2, 0.25) is 0 Å². The van der Waals surface area contributed by atoms with Gasteiger partial charge in [0.25, 0.3) is 0 Å². The third-order valence-corrected chi connectivity index (χ3v) is 3.66. The van der Waals surface area contributed by atoms with E-state index in [4.69, 9.17) is 0 Å². The Hall–Kier alpha value is -0.910. The lowest BCUT2D eigenvalue weighted by molar-refractivity contribution is 0.401. The summed E-state index contributed by atoms with van der Waals surface area (Å²) in [5.74, 6) is 0.959. The maximum atomic E-state index is 11.4. The van der Waals surface area contributed by atoms with Crippen LogP contribution in [0.4, 0.5) is 5.82 Å². The van der Waals surface area contributed by atoms with Crippen LogP contribution in [0.15, 0.2) is 23.9 Å². The molecule has 0 saturated heterocycles. The lowest BCUT2D eigenvalue weighted by Crippen LogP contribution is -2.33. The molecular weight excluding hydrogens is 270 g/mol. The number of fused-ring (bicyclic) bond motifs is 2. The molecule has 0 fully saturated rings. The van der Waals surface area contributed by atoms with Crippen molar-refractivity contribution in [3.05, 3.63) is 34.7 Å². The summed E-state index contributed by atoms with van der Waals surface area (Å²) in [4.78, 5) is 4.36. The van der Waals surface area contributed by atoms with Crippen LogP contribution in [-0.4, -0.2) is 29.7 Å². The van der Waals surface area contributed by atoms with E-state index in [0.29, 0.717) is 13.1 Å². The summed E-state index contributed by atoms with van der Waals surface area (Å²) in [7, 11) is 0. The van der Waals surface area contributed by atoms with E-state index in [9.17, 15) is 5.21 Å². The number of hydroxylamine groups is 2. The summed E-state index contributed by atoms with van der Waals surface area (Å²) in [6, 6.07) is 4.02. The Morgan fingerprint density at radius 3 is 3.12 bits per heavy atom. The quantitative estimate of drug-likeness (QED) is 0.683. The molecule has 16 heavy (non-hydrogen) atoms. The van der Waals surface area contributed by atoms with Gasteiger partial charge in [0, 0.05) is 18.3 Å². The monoisotopic (exact) mass is 280 g/mol. The highest BCUT2D eigenvalue weighted by Crippen LogP contribution is 2.38. The Bertz CT molecular complexity index is 460. The summed E-state index contributed by atoms with van der Waals surface area (Å²) in [6.07, 6.45) is 2.62. The maximum absolute atomic E-state index is 11.4. The molecule has 0 saturated carbocycles. The fourth-order valence-corrected chi connectivity index (χ4v) is 2.92. The molecule has 0 unspecified atom stereocenters. The van der Waals surface area contributed by atoms with E-state index in [0.717, 1.165) is 29.4 Å². The van der Waals surface area contributed by atoms with Crippen LogP contribution in [-0.2, 0) is 0 Å². The first-order valence-corrected chi connectivity index (χ1v) is 5.98. The molecule has 0 radical (unpaired) electrons. The standard InChI is InChI=1S/C11H11BrN3O/c12-15-7-8-6-14(16)5-3-9(8)10-2-1-4-13-11(10)15/h1-2,4H,3,5-7H2/q-1. The topological polar surface area (TPSA) is 42.4 Å². The van der Waals surface area contributed by atoms with Gasteiger partial charge in [-0.05, 0) is 36.2 Å². The van der Waals surface area contributed by atoms with Crippen molar-refractivity contribution >= 4 is 27.5 Å². The van der Waals surface area contributed by atoms with Crippen molar-refractivity contribution in [2.45, 2.75) is 6.42 Å². The van der Waals surface area contributed by atoms with Crippen molar-refractivity contribution < 1.29 is 0 Å². The van der Waals surface area contributed by atoms with Gasteiger partial charge in [0.1, 0.15) is 5.82 Å². The summed E-state index contributed by atoms with van der Waals surface area (Å²) in [5.41, 5.74) is 3.68. The molecule has 3 rings (SSSR count). The minimum absolute atomic E-state index is 0.520. The maximum Gasteiger partial charge on any atom is 0.146 e. The van der Waals surface area contributed by atoms with E-state index in [2.05, 4.69) is 27.2 Å². The molecule has 2 aliphatic rings. The van der Waals surface area contributed by atoms with E-state index < -0.39 is 0 Å². The molecule has 0 amide bonds. The Morgan fingerprint density at radius 1 is 1.38 bits per heavy atom. The van der Waals surface area contributed by atoms with Gasteiger partial charge in [-0.15, -0.1) is 0 Å². The molecule has 0 bridgehead atoms. The average molecular weight is 281 g/mol. The van der Waals surface area contributed by atoms with Crippen molar-refractivity contribution in [2.75, 3.05) is 23.6 Å². The number of halogens is 1. The summed E-state index contributed by atoms with van der Waals surface area (Å²) in [5, 5.41) is 12.5. The zero-order chi connectivity index (χ0) is 11.1. The lowest BCUT2D eigenvalue weighted by atomic mass is 9.92. The molecule has 3 heterocycles. The highest BCUT2D eigenvalue weighted by atomic mass is 79.9.